The number of aryl methyl sites for hydroxylation is 2. The van der Waals surface area contributed by atoms with Crippen molar-refractivity contribution in [1.82, 2.24) is 9.80 Å². The van der Waals surface area contributed by atoms with Gasteiger partial charge in [0.15, 0.2) is 0 Å². The van der Waals surface area contributed by atoms with Gasteiger partial charge in [-0.2, -0.15) is 0 Å². The molecule has 4 nitrogen and oxygen atoms in total. The molecule has 24 heavy (non-hydrogen) atoms. The minimum atomic E-state index is -0.356. The zero-order valence-electron chi connectivity index (χ0n) is 15.1. The van der Waals surface area contributed by atoms with Crippen molar-refractivity contribution in [2.45, 2.75) is 46.5 Å². The molecule has 2 aliphatic rings. The van der Waals surface area contributed by atoms with Crippen molar-refractivity contribution in [3.63, 3.8) is 0 Å². The Balaban J connectivity index is 1.64. The minimum Gasteiger partial charge on any atom is -0.339 e. The number of piperazine rings is 1. The molecule has 0 N–H and O–H groups in total. The molecule has 1 saturated heterocycles. The van der Waals surface area contributed by atoms with Crippen LogP contribution in [0.1, 0.15) is 55.1 Å². The van der Waals surface area contributed by atoms with Gasteiger partial charge >= 0.3 is 0 Å². The highest BCUT2D eigenvalue weighted by molar-refractivity contribution is 5.94. The zero-order valence-corrected chi connectivity index (χ0v) is 15.1. The second kappa shape index (κ2) is 6.58. The number of fused-ring (bicyclic) bond motifs is 1. The summed E-state index contributed by atoms with van der Waals surface area (Å²) < 4.78 is 0. The Kier molecular flexibility index (Phi) is 4.66. The van der Waals surface area contributed by atoms with E-state index in [2.05, 4.69) is 12.1 Å². The summed E-state index contributed by atoms with van der Waals surface area (Å²) in [7, 11) is 0. The normalized spacial score (nSPS) is 18.3. The summed E-state index contributed by atoms with van der Waals surface area (Å²) in [6, 6.07) is 6.18. The van der Waals surface area contributed by atoms with E-state index in [1.165, 1.54) is 24.0 Å². The van der Waals surface area contributed by atoms with Gasteiger partial charge in [0.1, 0.15) is 0 Å². The first-order valence-corrected chi connectivity index (χ1v) is 9.07. The van der Waals surface area contributed by atoms with Crippen LogP contribution in [-0.2, 0) is 17.6 Å². The van der Waals surface area contributed by atoms with Crippen molar-refractivity contribution >= 4 is 11.8 Å². The van der Waals surface area contributed by atoms with Gasteiger partial charge in [0, 0.05) is 37.2 Å². The van der Waals surface area contributed by atoms with Crippen molar-refractivity contribution in [2.24, 2.45) is 5.41 Å². The molecule has 130 valence electrons. The van der Waals surface area contributed by atoms with Crippen LogP contribution in [0.25, 0.3) is 0 Å². The summed E-state index contributed by atoms with van der Waals surface area (Å²) in [4.78, 5) is 28.9. The van der Waals surface area contributed by atoms with Crippen LogP contribution in [0.15, 0.2) is 18.2 Å². The molecular weight excluding hydrogens is 300 g/mol. The Bertz CT molecular complexity index is 638. The van der Waals surface area contributed by atoms with Crippen molar-refractivity contribution in [3.05, 3.63) is 34.9 Å². The highest BCUT2D eigenvalue weighted by atomic mass is 16.2. The van der Waals surface area contributed by atoms with E-state index in [1.54, 1.807) is 0 Å². The number of benzene rings is 1. The van der Waals surface area contributed by atoms with Gasteiger partial charge in [-0.05, 0) is 48.9 Å². The standard InChI is InChI=1S/C20H28N2O2/c1-20(2,3)19(24)22-12-10-21(11-13-22)18(23)17-9-8-15-6-4-5-7-16(15)14-17/h8-9,14H,4-7,10-13H2,1-3H3. The largest absolute Gasteiger partial charge is 0.339 e. The fourth-order valence-corrected chi connectivity index (χ4v) is 3.64. The van der Waals surface area contributed by atoms with Gasteiger partial charge in [-0.3, -0.25) is 9.59 Å². The second-order valence-corrected chi connectivity index (χ2v) is 8.02. The molecule has 1 aliphatic carbocycles. The van der Waals surface area contributed by atoms with Crippen LogP contribution in [0.3, 0.4) is 0 Å². The summed E-state index contributed by atoms with van der Waals surface area (Å²) in [5.41, 5.74) is 3.18. The molecule has 0 aromatic heterocycles. The fourth-order valence-electron chi connectivity index (χ4n) is 3.64. The van der Waals surface area contributed by atoms with E-state index < -0.39 is 0 Å². The molecule has 0 atom stereocenters. The summed E-state index contributed by atoms with van der Waals surface area (Å²) in [6.45, 7) is 8.34. The van der Waals surface area contributed by atoms with Gasteiger partial charge in [0.2, 0.25) is 5.91 Å². The lowest BCUT2D eigenvalue weighted by molar-refractivity contribution is -0.140. The van der Waals surface area contributed by atoms with Gasteiger partial charge < -0.3 is 9.80 Å². The Hall–Kier alpha value is -1.84. The number of nitrogens with zero attached hydrogens (tertiary/aromatic N) is 2. The lowest BCUT2D eigenvalue weighted by atomic mass is 9.90. The van der Waals surface area contributed by atoms with Crippen LogP contribution in [0, 0.1) is 5.41 Å². The van der Waals surface area contributed by atoms with Crippen LogP contribution in [0.5, 0.6) is 0 Å². The number of carbonyl (C=O) groups is 2. The van der Waals surface area contributed by atoms with E-state index in [-0.39, 0.29) is 17.2 Å². The molecule has 0 radical (unpaired) electrons. The van der Waals surface area contributed by atoms with E-state index in [4.69, 9.17) is 0 Å². The molecule has 1 fully saturated rings. The predicted molar refractivity (Wildman–Crippen MR) is 95.0 cm³/mol. The van der Waals surface area contributed by atoms with Crippen LogP contribution >= 0.6 is 0 Å². The number of carbonyl (C=O) groups excluding carboxylic acids is 2. The van der Waals surface area contributed by atoms with E-state index in [0.29, 0.717) is 26.2 Å². The van der Waals surface area contributed by atoms with Gasteiger partial charge in [-0.25, -0.2) is 0 Å². The van der Waals surface area contributed by atoms with Crippen LogP contribution in [0.4, 0.5) is 0 Å². The number of hydrogen-bond donors (Lipinski definition) is 0. The molecule has 0 unspecified atom stereocenters. The SMILES string of the molecule is CC(C)(C)C(=O)N1CCN(C(=O)c2ccc3c(c2)CCCC3)CC1. The molecule has 0 bridgehead atoms. The Morgan fingerprint density at radius 1 is 0.875 bits per heavy atom. The summed E-state index contributed by atoms with van der Waals surface area (Å²) >= 11 is 0. The first-order chi connectivity index (χ1) is 11.4. The molecule has 1 aromatic carbocycles. The minimum absolute atomic E-state index is 0.103. The molecule has 0 spiro atoms. The lowest BCUT2D eigenvalue weighted by Crippen LogP contribution is -2.53. The maximum atomic E-state index is 12.8. The van der Waals surface area contributed by atoms with Crippen LogP contribution in [-0.4, -0.2) is 47.8 Å². The number of rotatable bonds is 1. The smallest absolute Gasteiger partial charge is 0.253 e. The quantitative estimate of drug-likeness (QED) is 0.795. The average molecular weight is 328 g/mol. The molecule has 1 aromatic rings. The summed E-state index contributed by atoms with van der Waals surface area (Å²) in [5, 5.41) is 0. The first kappa shape index (κ1) is 17.0. The number of amides is 2. The molecule has 0 saturated carbocycles. The van der Waals surface area contributed by atoms with Gasteiger partial charge in [-0.1, -0.05) is 26.8 Å². The van der Waals surface area contributed by atoms with Crippen molar-refractivity contribution in [3.8, 4) is 0 Å². The van der Waals surface area contributed by atoms with Gasteiger partial charge in [0.25, 0.3) is 5.91 Å². The maximum Gasteiger partial charge on any atom is 0.253 e. The van der Waals surface area contributed by atoms with E-state index in [0.717, 1.165) is 18.4 Å². The van der Waals surface area contributed by atoms with E-state index >= 15 is 0 Å². The third-order valence-electron chi connectivity index (χ3n) is 5.09. The topological polar surface area (TPSA) is 40.6 Å². The van der Waals surface area contributed by atoms with Crippen molar-refractivity contribution < 1.29 is 9.59 Å². The van der Waals surface area contributed by atoms with E-state index in [9.17, 15) is 9.59 Å². The van der Waals surface area contributed by atoms with Crippen LogP contribution in [0.2, 0.25) is 0 Å². The predicted octanol–water partition coefficient (Wildman–Crippen LogP) is 2.90. The number of hydrogen-bond acceptors (Lipinski definition) is 2. The summed E-state index contributed by atoms with van der Waals surface area (Å²) in [5.74, 6) is 0.273. The summed E-state index contributed by atoms with van der Waals surface area (Å²) in [6.07, 6.45) is 4.70. The molecule has 1 aliphatic heterocycles. The fraction of sp³-hybridized carbons (Fsp3) is 0.600. The average Bonchev–Trinajstić information content (AvgIpc) is 2.59. The third kappa shape index (κ3) is 3.47. The van der Waals surface area contributed by atoms with Crippen LogP contribution < -0.4 is 0 Å². The Labute approximate surface area is 144 Å². The molecule has 3 rings (SSSR count). The monoisotopic (exact) mass is 328 g/mol. The molecule has 1 heterocycles. The Morgan fingerprint density at radius 3 is 2.08 bits per heavy atom. The molecule has 4 heteroatoms. The molecular formula is C20H28N2O2. The highest BCUT2D eigenvalue weighted by Crippen LogP contribution is 2.23. The molecule has 2 amide bonds. The van der Waals surface area contributed by atoms with Gasteiger partial charge in [0.05, 0.1) is 0 Å². The lowest BCUT2D eigenvalue weighted by Gasteiger charge is -2.37. The van der Waals surface area contributed by atoms with E-state index in [1.807, 2.05) is 36.6 Å². The maximum absolute atomic E-state index is 12.8. The highest BCUT2D eigenvalue weighted by Gasteiger charge is 2.31. The van der Waals surface area contributed by atoms with Crippen molar-refractivity contribution in [2.75, 3.05) is 26.2 Å². The van der Waals surface area contributed by atoms with Gasteiger partial charge in [-0.15, -0.1) is 0 Å². The Morgan fingerprint density at radius 2 is 1.46 bits per heavy atom. The van der Waals surface area contributed by atoms with Crippen molar-refractivity contribution in [1.29, 1.82) is 0 Å². The zero-order chi connectivity index (χ0) is 17.3. The second-order valence-electron chi connectivity index (χ2n) is 8.02. The third-order valence-corrected chi connectivity index (χ3v) is 5.09. The first-order valence-electron chi connectivity index (χ1n) is 9.07.